The monoisotopic (exact) mass is 250 g/mol. The number of halogens is 1. The Hall–Kier alpha value is -1.09. The molecule has 1 saturated heterocycles. The van der Waals surface area contributed by atoms with E-state index in [1.54, 1.807) is 6.07 Å². The highest BCUT2D eigenvalue weighted by Gasteiger charge is 2.19. The molecule has 2 nitrogen and oxygen atoms in total. The van der Waals surface area contributed by atoms with Crippen LogP contribution in [0.25, 0.3) is 0 Å². The van der Waals surface area contributed by atoms with Gasteiger partial charge in [0.1, 0.15) is 5.82 Å². The van der Waals surface area contributed by atoms with Crippen molar-refractivity contribution in [3.63, 3.8) is 0 Å². The lowest BCUT2D eigenvalue weighted by molar-refractivity contribution is 0.434. The molecule has 0 aromatic heterocycles. The Morgan fingerprint density at radius 3 is 2.56 bits per heavy atom. The molecule has 0 spiro atoms. The Kier molecular flexibility index (Phi) is 4.23. The fourth-order valence-corrected chi connectivity index (χ4v) is 2.47. The molecule has 0 unspecified atom stereocenters. The van der Waals surface area contributed by atoms with E-state index in [0.717, 1.165) is 43.1 Å². The van der Waals surface area contributed by atoms with E-state index in [9.17, 15) is 4.39 Å². The van der Waals surface area contributed by atoms with Crippen molar-refractivity contribution in [2.75, 3.05) is 25.0 Å². The molecular formula is C15H23FN2. The lowest BCUT2D eigenvalue weighted by Crippen LogP contribution is -2.33. The van der Waals surface area contributed by atoms with Crippen LogP contribution in [0.1, 0.15) is 38.3 Å². The van der Waals surface area contributed by atoms with Gasteiger partial charge in [0.2, 0.25) is 0 Å². The summed E-state index contributed by atoms with van der Waals surface area (Å²) < 4.78 is 14.2. The van der Waals surface area contributed by atoms with E-state index in [1.807, 2.05) is 26.1 Å². The van der Waals surface area contributed by atoms with E-state index < -0.39 is 0 Å². The predicted molar refractivity (Wildman–Crippen MR) is 74.5 cm³/mol. The summed E-state index contributed by atoms with van der Waals surface area (Å²) in [6.07, 6.45) is 2.32. The van der Waals surface area contributed by atoms with E-state index in [0.29, 0.717) is 0 Å². The van der Waals surface area contributed by atoms with Crippen LogP contribution in [0.2, 0.25) is 0 Å². The fourth-order valence-electron chi connectivity index (χ4n) is 2.47. The van der Waals surface area contributed by atoms with Crippen molar-refractivity contribution >= 4 is 5.69 Å². The fraction of sp³-hybridized carbons (Fsp3) is 0.600. The summed E-state index contributed by atoms with van der Waals surface area (Å²) in [5, 5.41) is 3.13. The summed E-state index contributed by atoms with van der Waals surface area (Å²) in [6, 6.07) is 5.80. The van der Waals surface area contributed by atoms with Gasteiger partial charge in [0.05, 0.1) is 5.69 Å². The molecule has 1 aliphatic rings. The number of piperidine rings is 1. The summed E-state index contributed by atoms with van der Waals surface area (Å²) in [5.74, 6) is 0.678. The van der Waals surface area contributed by atoms with Crippen LogP contribution < -0.4 is 10.2 Å². The minimum absolute atomic E-state index is 0.0934. The molecule has 1 aromatic carbocycles. The normalized spacial score (nSPS) is 19.0. The third-order valence-electron chi connectivity index (χ3n) is 4.03. The van der Waals surface area contributed by atoms with Crippen molar-refractivity contribution in [1.29, 1.82) is 0 Å². The second kappa shape index (κ2) is 5.70. The van der Waals surface area contributed by atoms with E-state index in [1.165, 1.54) is 0 Å². The van der Waals surface area contributed by atoms with Crippen LogP contribution in [-0.2, 0) is 0 Å². The molecule has 18 heavy (non-hydrogen) atoms. The van der Waals surface area contributed by atoms with Gasteiger partial charge >= 0.3 is 0 Å². The average molecular weight is 250 g/mol. The Morgan fingerprint density at radius 1 is 1.33 bits per heavy atom. The first-order chi connectivity index (χ1) is 8.61. The molecule has 0 amide bonds. The van der Waals surface area contributed by atoms with Gasteiger partial charge in [-0.1, -0.05) is 13.0 Å². The van der Waals surface area contributed by atoms with Crippen LogP contribution in [0, 0.1) is 11.7 Å². The Morgan fingerprint density at radius 2 is 2.00 bits per heavy atom. The third kappa shape index (κ3) is 2.83. The molecule has 0 bridgehead atoms. The molecule has 1 aromatic rings. The second-order valence-electron chi connectivity index (χ2n) is 5.39. The summed E-state index contributed by atoms with van der Waals surface area (Å²) in [4.78, 5) is 2.17. The van der Waals surface area contributed by atoms with Gasteiger partial charge in [-0.25, -0.2) is 4.39 Å². The van der Waals surface area contributed by atoms with Crippen molar-refractivity contribution < 1.29 is 4.39 Å². The first-order valence-corrected chi connectivity index (χ1v) is 6.83. The molecule has 1 aliphatic heterocycles. The SMILES string of the molecule is CN[C@@H](C)c1ccc(N2CCC(C)CC2)c(F)c1. The van der Waals surface area contributed by atoms with Gasteiger partial charge in [0.15, 0.2) is 0 Å². The maximum absolute atomic E-state index is 14.2. The van der Waals surface area contributed by atoms with Crippen LogP contribution >= 0.6 is 0 Å². The van der Waals surface area contributed by atoms with Crippen LogP contribution in [-0.4, -0.2) is 20.1 Å². The number of nitrogens with zero attached hydrogens (tertiary/aromatic N) is 1. The van der Waals surface area contributed by atoms with Gasteiger partial charge in [-0.3, -0.25) is 0 Å². The summed E-state index contributed by atoms with van der Waals surface area (Å²) in [5.41, 5.74) is 1.76. The number of hydrogen-bond acceptors (Lipinski definition) is 2. The van der Waals surface area contributed by atoms with Crippen molar-refractivity contribution in [2.24, 2.45) is 5.92 Å². The first kappa shape index (κ1) is 13.3. The molecular weight excluding hydrogens is 227 g/mol. The molecule has 1 atom stereocenters. The Bertz CT molecular complexity index is 397. The lowest BCUT2D eigenvalue weighted by atomic mass is 9.98. The Labute approximate surface area is 109 Å². The van der Waals surface area contributed by atoms with E-state index in [4.69, 9.17) is 0 Å². The number of benzene rings is 1. The van der Waals surface area contributed by atoms with Crippen molar-refractivity contribution in [3.05, 3.63) is 29.6 Å². The third-order valence-corrected chi connectivity index (χ3v) is 4.03. The van der Waals surface area contributed by atoms with Crippen LogP contribution in [0.3, 0.4) is 0 Å². The minimum atomic E-state index is -0.0934. The second-order valence-corrected chi connectivity index (χ2v) is 5.39. The van der Waals surface area contributed by atoms with Gasteiger partial charge in [0.25, 0.3) is 0 Å². The van der Waals surface area contributed by atoms with Crippen LogP contribution in [0.15, 0.2) is 18.2 Å². The molecule has 0 radical (unpaired) electrons. The highest BCUT2D eigenvalue weighted by Crippen LogP contribution is 2.27. The van der Waals surface area contributed by atoms with Gasteiger partial charge in [-0.05, 0) is 50.4 Å². The molecule has 0 aliphatic carbocycles. The number of hydrogen-bond donors (Lipinski definition) is 1. The average Bonchev–Trinajstić information content (AvgIpc) is 2.39. The zero-order valence-corrected chi connectivity index (χ0v) is 11.5. The summed E-state index contributed by atoms with van der Waals surface area (Å²) >= 11 is 0. The van der Waals surface area contributed by atoms with Crippen molar-refractivity contribution in [2.45, 2.75) is 32.7 Å². The zero-order valence-electron chi connectivity index (χ0n) is 11.5. The van der Waals surface area contributed by atoms with E-state index >= 15 is 0 Å². The number of nitrogens with one attached hydrogen (secondary N) is 1. The largest absolute Gasteiger partial charge is 0.369 e. The van der Waals surface area contributed by atoms with Gasteiger partial charge < -0.3 is 10.2 Å². The minimum Gasteiger partial charge on any atom is -0.369 e. The maximum Gasteiger partial charge on any atom is 0.146 e. The van der Waals surface area contributed by atoms with Gasteiger partial charge in [-0.2, -0.15) is 0 Å². The predicted octanol–water partition coefficient (Wildman–Crippen LogP) is 3.34. The van der Waals surface area contributed by atoms with Crippen molar-refractivity contribution in [3.8, 4) is 0 Å². The number of rotatable bonds is 3. The highest BCUT2D eigenvalue weighted by molar-refractivity contribution is 5.49. The molecule has 0 saturated carbocycles. The lowest BCUT2D eigenvalue weighted by Gasteiger charge is -2.32. The van der Waals surface area contributed by atoms with E-state index in [2.05, 4.69) is 17.1 Å². The standard InChI is InChI=1S/C15H23FN2/c1-11-6-8-18(9-7-11)15-5-4-13(10-14(15)16)12(2)17-3/h4-5,10-12,17H,6-9H2,1-3H3/t12-/m0/s1. The Balaban J connectivity index is 2.14. The van der Waals surface area contributed by atoms with Gasteiger partial charge in [-0.15, -0.1) is 0 Å². The molecule has 1 fully saturated rings. The molecule has 1 heterocycles. The topological polar surface area (TPSA) is 15.3 Å². The molecule has 2 rings (SSSR count). The quantitative estimate of drug-likeness (QED) is 0.885. The maximum atomic E-state index is 14.2. The zero-order chi connectivity index (χ0) is 13.1. The first-order valence-electron chi connectivity index (χ1n) is 6.83. The van der Waals surface area contributed by atoms with Crippen LogP contribution in [0.5, 0.6) is 0 Å². The van der Waals surface area contributed by atoms with Gasteiger partial charge in [0, 0.05) is 19.1 Å². The molecule has 1 N–H and O–H groups in total. The molecule has 100 valence electrons. The van der Waals surface area contributed by atoms with E-state index in [-0.39, 0.29) is 11.9 Å². The number of anilines is 1. The van der Waals surface area contributed by atoms with Crippen LogP contribution in [0.4, 0.5) is 10.1 Å². The summed E-state index contributed by atoms with van der Waals surface area (Å²) in [7, 11) is 1.89. The highest BCUT2D eigenvalue weighted by atomic mass is 19.1. The molecule has 3 heteroatoms. The smallest absolute Gasteiger partial charge is 0.146 e. The van der Waals surface area contributed by atoms with Crippen molar-refractivity contribution in [1.82, 2.24) is 5.32 Å². The summed E-state index contributed by atoms with van der Waals surface area (Å²) in [6.45, 7) is 6.25.